The predicted molar refractivity (Wildman–Crippen MR) is 73.7 cm³/mol. The highest BCUT2D eigenvalue weighted by atomic mass is 19.4. The van der Waals surface area contributed by atoms with Crippen LogP contribution in [0.4, 0.5) is 13.2 Å². The number of hydrogen-bond donors (Lipinski definition) is 3. The van der Waals surface area contributed by atoms with E-state index in [1.807, 2.05) is 0 Å². The van der Waals surface area contributed by atoms with Gasteiger partial charge in [0.25, 0.3) is 0 Å². The average molecular weight is 320 g/mol. The van der Waals surface area contributed by atoms with Crippen molar-refractivity contribution in [1.82, 2.24) is 5.32 Å². The summed E-state index contributed by atoms with van der Waals surface area (Å²) in [5.41, 5.74) is 5.26. The minimum atomic E-state index is -4.31. The fourth-order valence-corrected chi connectivity index (χ4v) is 4.67. The smallest absolute Gasteiger partial charge is 0.392 e. The highest BCUT2D eigenvalue weighted by molar-refractivity contribution is 5.77. The van der Waals surface area contributed by atoms with Gasteiger partial charge in [0, 0.05) is 11.5 Å². The lowest BCUT2D eigenvalue weighted by Gasteiger charge is -2.37. The number of nitrogens with one attached hydrogen (secondary N) is 1. The molecule has 126 valence electrons. The molecular weight excluding hydrogens is 297 g/mol. The van der Waals surface area contributed by atoms with Gasteiger partial charge in [-0.3, -0.25) is 4.79 Å². The molecular formula is C15H23F3N2O2. The van der Waals surface area contributed by atoms with E-state index in [0.717, 1.165) is 19.4 Å². The third-order valence-corrected chi connectivity index (χ3v) is 5.96. The van der Waals surface area contributed by atoms with Crippen molar-refractivity contribution < 1.29 is 23.1 Å². The zero-order valence-electron chi connectivity index (χ0n) is 12.4. The molecule has 1 spiro atoms. The third-order valence-electron chi connectivity index (χ3n) is 5.96. The number of amides is 1. The van der Waals surface area contributed by atoms with Gasteiger partial charge in [0.15, 0.2) is 0 Å². The van der Waals surface area contributed by atoms with Crippen LogP contribution in [-0.2, 0) is 4.79 Å². The van der Waals surface area contributed by atoms with Crippen LogP contribution >= 0.6 is 0 Å². The number of halogens is 3. The van der Waals surface area contributed by atoms with Crippen LogP contribution < -0.4 is 11.1 Å². The average Bonchev–Trinajstić information content (AvgIpc) is 3.10. The SMILES string of the molecule is NC(=O)C1CCNC2(C1)CC2[C@@H]1CC[C@H](C(F)(F)F)[C@H](O)C1. The Balaban J connectivity index is 1.60. The summed E-state index contributed by atoms with van der Waals surface area (Å²) in [5.74, 6) is -1.64. The van der Waals surface area contributed by atoms with Crippen molar-refractivity contribution in [2.75, 3.05) is 6.54 Å². The summed E-state index contributed by atoms with van der Waals surface area (Å²) in [5, 5.41) is 13.3. The van der Waals surface area contributed by atoms with Crippen molar-refractivity contribution in [2.45, 2.75) is 56.3 Å². The Morgan fingerprint density at radius 1 is 1.23 bits per heavy atom. The second-order valence-electron chi connectivity index (χ2n) is 7.27. The van der Waals surface area contributed by atoms with E-state index in [1.165, 1.54) is 0 Å². The van der Waals surface area contributed by atoms with Crippen LogP contribution in [0.3, 0.4) is 0 Å². The lowest BCUT2D eigenvalue weighted by atomic mass is 9.75. The number of hydrogen-bond acceptors (Lipinski definition) is 3. The molecule has 22 heavy (non-hydrogen) atoms. The van der Waals surface area contributed by atoms with Gasteiger partial charge in [-0.2, -0.15) is 13.2 Å². The summed E-state index contributed by atoms with van der Waals surface area (Å²) >= 11 is 0. The first-order valence-electron chi connectivity index (χ1n) is 8.02. The molecule has 6 atom stereocenters. The van der Waals surface area contributed by atoms with E-state index in [2.05, 4.69) is 5.32 Å². The first kappa shape index (κ1) is 16.1. The van der Waals surface area contributed by atoms with Crippen LogP contribution in [0.5, 0.6) is 0 Å². The van der Waals surface area contributed by atoms with Gasteiger partial charge < -0.3 is 16.2 Å². The lowest BCUT2D eigenvalue weighted by Crippen LogP contribution is -2.47. The minimum Gasteiger partial charge on any atom is -0.392 e. The number of rotatable bonds is 2. The molecule has 0 aromatic heterocycles. The monoisotopic (exact) mass is 320 g/mol. The summed E-state index contributed by atoms with van der Waals surface area (Å²) in [7, 11) is 0. The van der Waals surface area contributed by atoms with E-state index in [-0.39, 0.29) is 42.0 Å². The topological polar surface area (TPSA) is 75.4 Å². The van der Waals surface area contributed by atoms with Crippen molar-refractivity contribution in [3.63, 3.8) is 0 Å². The molecule has 2 aliphatic carbocycles. The van der Waals surface area contributed by atoms with Gasteiger partial charge in [-0.05, 0) is 56.9 Å². The second kappa shape index (κ2) is 5.37. The van der Waals surface area contributed by atoms with Gasteiger partial charge in [0.1, 0.15) is 0 Å². The lowest BCUT2D eigenvalue weighted by molar-refractivity contribution is -0.211. The number of alkyl halides is 3. The Morgan fingerprint density at radius 3 is 2.55 bits per heavy atom. The summed E-state index contributed by atoms with van der Waals surface area (Å²) in [6, 6.07) is 0. The summed E-state index contributed by atoms with van der Waals surface area (Å²) in [6.07, 6.45) is -2.62. The van der Waals surface area contributed by atoms with Crippen LogP contribution in [0.25, 0.3) is 0 Å². The Kier molecular flexibility index (Phi) is 3.92. The fraction of sp³-hybridized carbons (Fsp3) is 0.933. The Labute approximate surface area is 127 Å². The van der Waals surface area contributed by atoms with E-state index in [1.54, 1.807) is 0 Å². The second-order valence-corrected chi connectivity index (χ2v) is 7.27. The van der Waals surface area contributed by atoms with Crippen LogP contribution in [0.2, 0.25) is 0 Å². The molecule has 0 aromatic rings. The number of aliphatic hydroxyl groups is 1. The van der Waals surface area contributed by atoms with Crippen LogP contribution in [0.15, 0.2) is 0 Å². The molecule has 4 nitrogen and oxygen atoms in total. The van der Waals surface area contributed by atoms with E-state index < -0.39 is 18.2 Å². The van der Waals surface area contributed by atoms with E-state index in [4.69, 9.17) is 5.73 Å². The molecule has 0 radical (unpaired) electrons. The molecule has 3 aliphatic rings. The zero-order valence-corrected chi connectivity index (χ0v) is 12.4. The highest BCUT2D eigenvalue weighted by Gasteiger charge is 2.60. The van der Waals surface area contributed by atoms with E-state index >= 15 is 0 Å². The summed E-state index contributed by atoms with van der Waals surface area (Å²) in [4.78, 5) is 11.4. The Hall–Kier alpha value is -0.820. The normalized spacial score (nSPS) is 45.7. The quantitative estimate of drug-likeness (QED) is 0.723. The third kappa shape index (κ3) is 2.85. The number of aliphatic hydroxyl groups excluding tert-OH is 1. The molecule has 3 unspecified atom stereocenters. The number of carbonyl (C=O) groups excluding carboxylic acids is 1. The van der Waals surface area contributed by atoms with Crippen LogP contribution in [0.1, 0.15) is 38.5 Å². The Morgan fingerprint density at radius 2 is 1.95 bits per heavy atom. The summed E-state index contributed by atoms with van der Waals surface area (Å²) < 4.78 is 38.4. The zero-order chi connectivity index (χ0) is 16.1. The van der Waals surface area contributed by atoms with Gasteiger partial charge >= 0.3 is 6.18 Å². The van der Waals surface area contributed by atoms with E-state index in [9.17, 15) is 23.1 Å². The van der Waals surface area contributed by atoms with Crippen LogP contribution in [-0.4, -0.2) is 35.4 Å². The molecule has 1 amide bonds. The van der Waals surface area contributed by atoms with Gasteiger partial charge in [-0.25, -0.2) is 0 Å². The van der Waals surface area contributed by atoms with E-state index in [0.29, 0.717) is 12.8 Å². The van der Waals surface area contributed by atoms with Gasteiger partial charge in [0.05, 0.1) is 12.0 Å². The van der Waals surface area contributed by atoms with Crippen molar-refractivity contribution >= 4 is 5.91 Å². The largest absolute Gasteiger partial charge is 0.394 e. The molecule has 0 aromatic carbocycles. The predicted octanol–water partition coefficient (Wildman–Crippen LogP) is 1.57. The molecule has 7 heteroatoms. The van der Waals surface area contributed by atoms with Crippen molar-refractivity contribution in [1.29, 1.82) is 0 Å². The Bertz CT molecular complexity index is 457. The molecule has 0 bridgehead atoms. The van der Waals surface area contributed by atoms with Gasteiger partial charge in [-0.15, -0.1) is 0 Å². The fourth-order valence-electron chi connectivity index (χ4n) is 4.67. The maximum atomic E-state index is 12.8. The molecule has 3 rings (SSSR count). The molecule has 1 aliphatic heterocycles. The molecule has 1 heterocycles. The first-order valence-corrected chi connectivity index (χ1v) is 8.02. The first-order chi connectivity index (χ1) is 10.2. The minimum absolute atomic E-state index is 0.00115. The van der Waals surface area contributed by atoms with Gasteiger partial charge in [0.2, 0.25) is 5.91 Å². The highest BCUT2D eigenvalue weighted by Crippen LogP contribution is 2.57. The van der Waals surface area contributed by atoms with Gasteiger partial charge in [-0.1, -0.05) is 0 Å². The molecule has 2 saturated carbocycles. The standard InChI is InChI=1S/C15H23F3N2O2/c16-15(17,18)10-2-1-8(5-12(10)21)11-7-14(11)6-9(13(19)22)3-4-20-14/h8-12,20-21H,1-7H2,(H2,19,22)/t8-,9?,10+,11?,12-,14?/m1/s1. The van der Waals surface area contributed by atoms with Crippen LogP contribution in [0, 0.1) is 23.7 Å². The number of primary amides is 1. The number of carbonyl (C=O) groups is 1. The number of piperidine rings is 1. The maximum Gasteiger partial charge on any atom is 0.394 e. The molecule has 1 saturated heterocycles. The van der Waals surface area contributed by atoms with Crippen molar-refractivity contribution in [3.05, 3.63) is 0 Å². The van der Waals surface area contributed by atoms with Crippen molar-refractivity contribution in [2.24, 2.45) is 29.4 Å². The van der Waals surface area contributed by atoms with Crippen molar-refractivity contribution in [3.8, 4) is 0 Å². The summed E-state index contributed by atoms with van der Waals surface area (Å²) in [6.45, 7) is 0.727. The number of nitrogens with two attached hydrogens (primary N) is 1. The molecule has 4 N–H and O–H groups in total. The maximum absolute atomic E-state index is 12.8. The molecule has 3 fully saturated rings.